The number of aromatic nitrogens is 5. The third-order valence-electron chi connectivity index (χ3n) is 5.69. The average molecular weight is 475 g/mol. The van der Waals surface area contributed by atoms with Crippen LogP contribution in [0.15, 0.2) is 52.4 Å². The minimum atomic E-state index is -0.822. The third-order valence-corrected chi connectivity index (χ3v) is 5.69. The number of nitriles is 1. The first-order chi connectivity index (χ1) is 16.7. The Morgan fingerprint density at radius 3 is 2.66 bits per heavy atom. The predicted octanol–water partition coefficient (Wildman–Crippen LogP) is 1.97. The van der Waals surface area contributed by atoms with Gasteiger partial charge in [0, 0.05) is 32.1 Å². The van der Waals surface area contributed by atoms with Crippen LogP contribution in [0.1, 0.15) is 51.8 Å². The van der Waals surface area contributed by atoms with Crippen molar-refractivity contribution >= 4 is 11.6 Å². The molecule has 4 rings (SSSR count). The number of aromatic hydroxyl groups is 2. The highest BCUT2D eigenvalue weighted by Gasteiger charge is 2.31. The molecule has 0 radical (unpaired) electrons. The monoisotopic (exact) mass is 475 g/mol. The summed E-state index contributed by atoms with van der Waals surface area (Å²) in [7, 11) is 3.18. The van der Waals surface area contributed by atoms with E-state index in [-0.39, 0.29) is 22.8 Å². The van der Waals surface area contributed by atoms with E-state index in [1.807, 2.05) is 0 Å². The van der Waals surface area contributed by atoms with E-state index >= 15 is 0 Å². The topological polar surface area (TPSA) is 172 Å². The van der Waals surface area contributed by atoms with E-state index in [4.69, 9.17) is 0 Å². The number of amides is 1. The van der Waals surface area contributed by atoms with Gasteiger partial charge in [0.05, 0.1) is 24.0 Å². The first-order valence-corrected chi connectivity index (χ1v) is 10.4. The number of phenols is 1. The zero-order valence-corrected chi connectivity index (χ0v) is 19.0. The zero-order valence-electron chi connectivity index (χ0n) is 19.0. The number of phenolic OH excluding ortho intramolecular Hbond substituents is 1. The molecule has 2 atom stereocenters. The van der Waals surface area contributed by atoms with Crippen molar-refractivity contribution in [2.24, 2.45) is 14.1 Å². The predicted molar refractivity (Wildman–Crippen MR) is 122 cm³/mol. The molecule has 0 aliphatic heterocycles. The summed E-state index contributed by atoms with van der Waals surface area (Å²) in [6.07, 6.45) is 5.85. The van der Waals surface area contributed by atoms with Gasteiger partial charge in [-0.25, -0.2) is 4.98 Å². The SMILES string of the molecule is C[C@@H](c1nc(C(=O)Nc2cnoc2)c(O)c(=O)n1C)[C@@H](c1cnn(C)c1)c1ccc(O)cc1C#N. The van der Waals surface area contributed by atoms with E-state index in [0.717, 1.165) is 10.1 Å². The molecule has 0 bridgehead atoms. The molecule has 0 aliphatic carbocycles. The van der Waals surface area contributed by atoms with Gasteiger partial charge in [0.1, 0.15) is 23.5 Å². The molecule has 0 saturated heterocycles. The van der Waals surface area contributed by atoms with Crippen LogP contribution in [0.4, 0.5) is 5.69 Å². The molecular weight excluding hydrogens is 454 g/mol. The summed E-state index contributed by atoms with van der Waals surface area (Å²) >= 11 is 0. The number of rotatable bonds is 6. The standard InChI is InChI=1S/C23H21N7O5/c1-12(18(14-8-25-29(2)10-14)17-5-4-16(31)6-13(17)7-24)21-28-19(20(32)23(34)30(21)3)22(33)27-15-9-26-35-11-15/h4-6,8-12,18,31-32H,1-3H3,(H,27,33)/t12-,18+/m1/s1. The van der Waals surface area contributed by atoms with E-state index in [2.05, 4.69) is 31.1 Å². The highest BCUT2D eigenvalue weighted by Crippen LogP contribution is 2.39. The maximum Gasteiger partial charge on any atom is 0.296 e. The first kappa shape index (κ1) is 23.2. The fraction of sp³-hybridized carbons (Fsp3) is 0.217. The van der Waals surface area contributed by atoms with Crippen molar-refractivity contribution in [1.82, 2.24) is 24.5 Å². The summed E-state index contributed by atoms with van der Waals surface area (Å²) in [5.41, 5.74) is 0.478. The number of benzene rings is 1. The number of nitrogens with zero attached hydrogens (tertiary/aromatic N) is 6. The number of nitrogens with one attached hydrogen (secondary N) is 1. The summed E-state index contributed by atoms with van der Waals surface area (Å²) in [4.78, 5) is 30.0. The van der Waals surface area contributed by atoms with Crippen LogP contribution in [0, 0.1) is 11.3 Å². The van der Waals surface area contributed by atoms with Crippen LogP contribution in [-0.4, -0.2) is 40.6 Å². The molecule has 4 aromatic rings. The smallest absolute Gasteiger partial charge is 0.296 e. The van der Waals surface area contributed by atoms with Gasteiger partial charge in [0.15, 0.2) is 5.69 Å². The molecule has 3 N–H and O–H groups in total. The van der Waals surface area contributed by atoms with Crippen molar-refractivity contribution in [2.75, 3.05) is 5.32 Å². The number of carbonyl (C=O) groups excluding carboxylic acids is 1. The molecule has 3 aromatic heterocycles. The minimum absolute atomic E-state index is 0.0641. The fourth-order valence-corrected chi connectivity index (χ4v) is 4.03. The van der Waals surface area contributed by atoms with E-state index in [1.165, 1.54) is 31.6 Å². The quantitative estimate of drug-likeness (QED) is 0.377. The van der Waals surface area contributed by atoms with Crippen LogP contribution in [-0.2, 0) is 14.1 Å². The van der Waals surface area contributed by atoms with Crippen LogP contribution < -0.4 is 10.9 Å². The van der Waals surface area contributed by atoms with Crippen LogP contribution in [0.25, 0.3) is 0 Å². The van der Waals surface area contributed by atoms with Crippen molar-refractivity contribution in [3.8, 4) is 17.6 Å². The molecule has 12 heteroatoms. The largest absolute Gasteiger partial charge is 0.508 e. The van der Waals surface area contributed by atoms with E-state index in [0.29, 0.717) is 5.56 Å². The summed E-state index contributed by atoms with van der Waals surface area (Å²) in [5, 5.41) is 40.2. The Morgan fingerprint density at radius 1 is 1.26 bits per heavy atom. The Kier molecular flexibility index (Phi) is 6.07. The Labute approximate surface area is 198 Å². The molecule has 0 saturated carbocycles. The second-order valence-corrected chi connectivity index (χ2v) is 8.00. The van der Waals surface area contributed by atoms with Gasteiger partial charge in [-0.3, -0.25) is 18.8 Å². The second kappa shape index (κ2) is 9.14. The molecule has 1 aromatic carbocycles. The first-order valence-electron chi connectivity index (χ1n) is 10.4. The third kappa shape index (κ3) is 4.34. The van der Waals surface area contributed by atoms with Crippen LogP contribution in [0.5, 0.6) is 11.5 Å². The maximum atomic E-state index is 12.8. The number of aryl methyl sites for hydroxylation is 1. The molecule has 0 fully saturated rings. The Hall–Kier alpha value is -4.92. The van der Waals surface area contributed by atoms with Gasteiger partial charge in [0.2, 0.25) is 5.75 Å². The lowest BCUT2D eigenvalue weighted by atomic mass is 9.80. The lowest BCUT2D eigenvalue weighted by molar-refractivity contribution is 0.101. The molecule has 0 aliphatic rings. The van der Waals surface area contributed by atoms with Crippen molar-refractivity contribution < 1.29 is 19.5 Å². The summed E-state index contributed by atoms with van der Waals surface area (Å²) in [6.45, 7) is 1.78. The van der Waals surface area contributed by atoms with Crippen molar-refractivity contribution in [2.45, 2.75) is 18.8 Å². The lowest BCUT2D eigenvalue weighted by Crippen LogP contribution is -2.29. The van der Waals surface area contributed by atoms with Crippen LogP contribution >= 0.6 is 0 Å². The molecule has 1 amide bonds. The summed E-state index contributed by atoms with van der Waals surface area (Å²) in [6, 6.07) is 6.54. The number of anilines is 1. The summed E-state index contributed by atoms with van der Waals surface area (Å²) < 4.78 is 7.44. The van der Waals surface area contributed by atoms with E-state index < -0.39 is 34.7 Å². The Morgan fingerprint density at radius 2 is 2.03 bits per heavy atom. The van der Waals surface area contributed by atoms with Crippen molar-refractivity contribution in [3.63, 3.8) is 0 Å². The van der Waals surface area contributed by atoms with Crippen molar-refractivity contribution in [1.29, 1.82) is 5.26 Å². The normalized spacial score (nSPS) is 12.6. The van der Waals surface area contributed by atoms with Gasteiger partial charge in [-0.15, -0.1) is 0 Å². The average Bonchev–Trinajstić information content (AvgIpc) is 3.50. The van der Waals surface area contributed by atoms with Gasteiger partial charge >= 0.3 is 0 Å². The minimum Gasteiger partial charge on any atom is -0.508 e. The van der Waals surface area contributed by atoms with Crippen molar-refractivity contribution in [3.05, 3.63) is 81.6 Å². The molecule has 35 heavy (non-hydrogen) atoms. The highest BCUT2D eigenvalue weighted by atomic mass is 16.5. The molecule has 0 spiro atoms. The number of hydrogen-bond acceptors (Lipinski definition) is 9. The van der Waals surface area contributed by atoms with Gasteiger partial charge in [-0.1, -0.05) is 18.1 Å². The van der Waals surface area contributed by atoms with Gasteiger partial charge < -0.3 is 20.1 Å². The molecule has 12 nitrogen and oxygen atoms in total. The van der Waals surface area contributed by atoms with Crippen LogP contribution in [0.3, 0.4) is 0 Å². The Balaban J connectivity index is 1.86. The van der Waals surface area contributed by atoms with Gasteiger partial charge in [-0.2, -0.15) is 10.4 Å². The molecule has 178 valence electrons. The molecule has 0 unspecified atom stereocenters. The lowest BCUT2D eigenvalue weighted by Gasteiger charge is -2.26. The van der Waals surface area contributed by atoms with Gasteiger partial charge in [-0.05, 0) is 23.3 Å². The molecular formula is C23H21N7O5. The zero-order chi connectivity index (χ0) is 25.3. The number of hydrogen-bond donors (Lipinski definition) is 3. The van der Waals surface area contributed by atoms with Gasteiger partial charge in [0.25, 0.3) is 11.5 Å². The highest BCUT2D eigenvalue weighted by molar-refractivity contribution is 6.04. The fourth-order valence-electron chi connectivity index (χ4n) is 4.03. The molecule has 3 heterocycles. The summed E-state index contributed by atoms with van der Waals surface area (Å²) in [5.74, 6) is -2.61. The van der Waals surface area contributed by atoms with E-state index in [9.17, 15) is 25.1 Å². The Bertz CT molecular complexity index is 1500. The van der Waals surface area contributed by atoms with Crippen LogP contribution in [0.2, 0.25) is 0 Å². The van der Waals surface area contributed by atoms with E-state index in [1.54, 1.807) is 37.1 Å². The maximum absolute atomic E-state index is 12.8. The second-order valence-electron chi connectivity index (χ2n) is 8.00. The number of carbonyl (C=O) groups is 1.